The minimum absolute atomic E-state index is 0.199. The monoisotopic (exact) mass is 244 g/mol. The highest BCUT2D eigenvalue weighted by atomic mass is 32.2. The first-order chi connectivity index (χ1) is 7.20. The van der Waals surface area contributed by atoms with Gasteiger partial charge in [0.05, 0.1) is 0 Å². The van der Waals surface area contributed by atoms with Gasteiger partial charge in [-0.05, 0) is 44.4 Å². The molecule has 0 aromatic heterocycles. The van der Waals surface area contributed by atoms with Crippen LogP contribution in [0.4, 0.5) is 0 Å². The Balaban J connectivity index is 2.48. The van der Waals surface area contributed by atoms with Gasteiger partial charge in [-0.15, -0.1) is 0 Å². The van der Waals surface area contributed by atoms with E-state index in [1.54, 1.807) is 0 Å². The van der Waals surface area contributed by atoms with Crippen LogP contribution in [0.15, 0.2) is 0 Å². The SMILES string of the molecule is CC1(SC#N)CCCCC(NP)CCC1. The van der Waals surface area contributed by atoms with E-state index < -0.39 is 0 Å². The molecule has 0 aliphatic heterocycles. The van der Waals surface area contributed by atoms with E-state index in [0.29, 0.717) is 6.04 Å². The molecule has 0 aromatic carbocycles. The van der Waals surface area contributed by atoms with Gasteiger partial charge in [0.1, 0.15) is 5.40 Å². The lowest BCUT2D eigenvalue weighted by atomic mass is 9.98. The molecule has 0 spiro atoms. The number of thiocyanates is 1. The average Bonchev–Trinajstić information content (AvgIpc) is 2.29. The number of rotatable bonds is 2. The minimum Gasteiger partial charge on any atom is -0.298 e. The maximum atomic E-state index is 8.81. The lowest BCUT2D eigenvalue weighted by molar-refractivity contribution is 0.496. The minimum atomic E-state index is 0.199. The normalized spacial score (nSPS) is 33.5. The summed E-state index contributed by atoms with van der Waals surface area (Å²) >= 11 is 1.48. The van der Waals surface area contributed by atoms with Crippen LogP contribution in [0, 0.1) is 10.7 Å². The van der Waals surface area contributed by atoms with Crippen molar-refractivity contribution < 1.29 is 0 Å². The quantitative estimate of drug-likeness (QED) is 0.597. The van der Waals surface area contributed by atoms with Gasteiger partial charge in [-0.1, -0.05) is 28.7 Å². The summed E-state index contributed by atoms with van der Waals surface area (Å²) in [4.78, 5) is 0. The van der Waals surface area contributed by atoms with Crippen molar-refractivity contribution >= 4 is 21.2 Å². The number of hydrogen-bond acceptors (Lipinski definition) is 3. The second-order valence-corrected chi connectivity index (χ2v) is 6.35. The smallest absolute Gasteiger partial charge is 0.133 e. The topological polar surface area (TPSA) is 35.8 Å². The third-order valence-corrected chi connectivity index (χ3v) is 4.76. The van der Waals surface area contributed by atoms with Gasteiger partial charge in [0, 0.05) is 10.8 Å². The van der Waals surface area contributed by atoms with E-state index >= 15 is 0 Å². The van der Waals surface area contributed by atoms with Gasteiger partial charge >= 0.3 is 0 Å². The fourth-order valence-electron chi connectivity index (χ4n) is 2.26. The van der Waals surface area contributed by atoms with Crippen molar-refractivity contribution in [1.82, 2.24) is 5.09 Å². The van der Waals surface area contributed by atoms with E-state index in [0.717, 1.165) is 0 Å². The van der Waals surface area contributed by atoms with Gasteiger partial charge in [-0.25, -0.2) is 0 Å². The van der Waals surface area contributed by atoms with E-state index in [1.807, 2.05) is 0 Å². The zero-order valence-corrected chi connectivity index (χ0v) is 11.4. The fourth-order valence-corrected chi connectivity index (χ4v) is 3.31. The van der Waals surface area contributed by atoms with Crippen LogP contribution in [0.25, 0.3) is 0 Å². The van der Waals surface area contributed by atoms with Gasteiger partial charge in [-0.2, -0.15) is 5.26 Å². The molecular weight excluding hydrogens is 223 g/mol. The molecule has 0 radical (unpaired) electrons. The van der Waals surface area contributed by atoms with Crippen molar-refractivity contribution in [3.8, 4) is 5.40 Å². The Morgan fingerprint density at radius 1 is 1.33 bits per heavy atom. The molecular formula is C11H21N2PS. The van der Waals surface area contributed by atoms with Crippen LogP contribution in [-0.4, -0.2) is 10.8 Å². The molecule has 1 aliphatic carbocycles. The number of nitrogens with zero attached hydrogens (tertiary/aromatic N) is 1. The van der Waals surface area contributed by atoms with Crippen LogP contribution < -0.4 is 5.09 Å². The number of thioether (sulfide) groups is 1. The second kappa shape index (κ2) is 6.74. The molecule has 0 aromatic rings. The summed E-state index contributed by atoms with van der Waals surface area (Å²) in [6, 6.07) is 0.657. The van der Waals surface area contributed by atoms with Crippen LogP contribution in [0.5, 0.6) is 0 Å². The highest BCUT2D eigenvalue weighted by Gasteiger charge is 2.26. The predicted octanol–water partition coefficient (Wildman–Crippen LogP) is 3.45. The van der Waals surface area contributed by atoms with E-state index in [-0.39, 0.29) is 4.75 Å². The summed E-state index contributed by atoms with van der Waals surface area (Å²) in [5.41, 5.74) is 0. The Bertz CT molecular complexity index is 229. The highest BCUT2D eigenvalue weighted by molar-refractivity contribution is 8.05. The lowest BCUT2D eigenvalue weighted by Crippen LogP contribution is -2.21. The van der Waals surface area contributed by atoms with Gasteiger partial charge < -0.3 is 0 Å². The van der Waals surface area contributed by atoms with Crippen molar-refractivity contribution in [3.05, 3.63) is 0 Å². The molecule has 0 saturated heterocycles. The summed E-state index contributed by atoms with van der Waals surface area (Å²) in [7, 11) is 2.63. The number of nitrogens with one attached hydrogen (secondary N) is 1. The predicted molar refractivity (Wildman–Crippen MR) is 70.6 cm³/mol. The Labute approximate surface area is 99.8 Å². The summed E-state index contributed by atoms with van der Waals surface area (Å²) in [5, 5.41) is 14.4. The molecule has 15 heavy (non-hydrogen) atoms. The highest BCUT2D eigenvalue weighted by Crippen LogP contribution is 2.36. The molecule has 0 heterocycles. The maximum Gasteiger partial charge on any atom is 0.133 e. The number of nitriles is 1. The van der Waals surface area contributed by atoms with Crippen molar-refractivity contribution in [2.45, 2.75) is 62.7 Å². The maximum absolute atomic E-state index is 8.81. The summed E-state index contributed by atoms with van der Waals surface area (Å²) in [6.45, 7) is 2.25. The van der Waals surface area contributed by atoms with Crippen molar-refractivity contribution in [2.75, 3.05) is 0 Å². The van der Waals surface area contributed by atoms with Crippen LogP contribution in [-0.2, 0) is 0 Å². The second-order valence-electron chi connectivity index (χ2n) is 4.64. The fraction of sp³-hybridized carbons (Fsp3) is 0.909. The van der Waals surface area contributed by atoms with Crippen LogP contribution >= 0.6 is 21.2 Å². The standard InChI is InChI=1S/C11H21N2PS/c1-11(15-9-12)7-3-2-5-10(13-14)6-4-8-11/h10,13H,2-8,14H2,1H3. The zero-order valence-electron chi connectivity index (χ0n) is 9.46. The molecule has 0 amide bonds. The molecule has 1 aliphatic rings. The first-order valence-corrected chi connectivity index (χ1v) is 7.13. The Hall–Kier alpha value is 0.230. The van der Waals surface area contributed by atoms with E-state index in [4.69, 9.17) is 5.26 Å². The third-order valence-electron chi connectivity index (χ3n) is 3.29. The number of hydrogen-bond donors (Lipinski definition) is 1. The molecule has 1 saturated carbocycles. The molecule has 1 fully saturated rings. The van der Waals surface area contributed by atoms with E-state index in [1.165, 1.54) is 56.7 Å². The van der Waals surface area contributed by atoms with Crippen molar-refractivity contribution in [3.63, 3.8) is 0 Å². The average molecular weight is 244 g/mol. The van der Waals surface area contributed by atoms with Crippen LogP contribution in [0.2, 0.25) is 0 Å². The summed E-state index contributed by atoms with van der Waals surface area (Å²) in [5.74, 6) is 0. The third kappa shape index (κ3) is 4.72. The molecule has 1 rings (SSSR count). The van der Waals surface area contributed by atoms with Crippen LogP contribution in [0.3, 0.4) is 0 Å². The van der Waals surface area contributed by atoms with Gasteiger partial charge in [0.25, 0.3) is 0 Å². The molecule has 3 atom stereocenters. The Morgan fingerprint density at radius 3 is 2.67 bits per heavy atom. The van der Waals surface area contributed by atoms with Gasteiger partial charge in [0.2, 0.25) is 0 Å². The van der Waals surface area contributed by atoms with Crippen LogP contribution in [0.1, 0.15) is 51.9 Å². The molecule has 3 unspecified atom stereocenters. The molecule has 1 N–H and O–H groups in total. The van der Waals surface area contributed by atoms with Crippen molar-refractivity contribution in [2.24, 2.45) is 0 Å². The van der Waals surface area contributed by atoms with E-state index in [9.17, 15) is 0 Å². The lowest BCUT2D eigenvalue weighted by Gasteiger charge is -2.25. The van der Waals surface area contributed by atoms with Gasteiger partial charge in [0.15, 0.2) is 0 Å². The Morgan fingerprint density at radius 2 is 2.00 bits per heavy atom. The Kier molecular flexibility index (Phi) is 5.97. The zero-order chi connectivity index (χ0) is 11.1. The first kappa shape index (κ1) is 13.3. The summed E-state index contributed by atoms with van der Waals surface area (Å²) in [6.07, 6.45) is 8.66. The molecule has 0 bridgehead atoms. The van der Waals surface area contributed by atoms with Gasteiger partial charge in [-0.3, -0.25) is 5.09 Å². The largest absolute Gasteiger partial charge is 0.298 e. The molecule has 2 nitrogen and oxygen atoms in total. The first-order valence-electron chi connectivity index (χ1n) is 5.73. The molecule has 86 valence electrons. The van der Waals surface area contributed by atoms with Crippen molar-refractivity contribution in [1.29, 1.82) is 5.26 Å². The molecule has 4 heteroatoms. The summed E-state index contributed by atoms with van der Waals surface area (Å²) < 4.78 is 0.199. The van der Waals surface area contributed by atoms with E-state index in [2.05, 4.69) is 26.8 Å².